The first-order valence-corrected chi connectivity index (χ1v) is 13.2. The number of nitro groups is 1. The number of nitro benzene ring substituents is 1. The van der Waals surface area contributed by atoms with E-state index in [1.54, 1.807) is 36.6 Å². The molecule has 0 bridgehead atoms. The number of non-ortho nitro benzene ring substituents is 1. The van der Waals surface area contributed by atoms with Gasteiger partial charge in [0.05, 0.1) is 27.1 Å². The van der Waals surface area contributed by atoms with Crippen LogP contribution >= 0.6 is 11.3 Å². The summed E-state index contributed by atoms with van der Waals surface area (Å²) in [5.74, 6) is -0.589. The second-order valence-corrected chi connectivity index (χ2v) is 11.1. The molecular weight excluding hydrogens is 480 g/mol. The normalized spacial score (nSPS) is 12.6. The number of carbonyl (C=O) groups is 1. The molecule has 3 rings (SSSR count). The van der Waals surface area contributed by atoms with Gasteiger partial charge in [0.25, 0.3) is 5.69 Å². The molecule has 2 aromatic carbocycles. The van der Waals surface area contributed by atoms with Crippen molar-refractivity contribution in [3.63, 3.8) is 0 Å². The number of aromatic nitrogens is 1. The molecule has 1 amide bonds. The Labute approximate surface area is 201 Å². The number of aryl methyl sites for hydroxylation is 1. The number of nitrogens with zero attached hydrogens (tertiary/aromatic N) is 3. The Morgan fingerprint density at radius 1 is 1.24 bits per heavy atom. The molecule has 10 nitrogen and oxygen atoms in total. The van der Waals surface area contributed by atoms with E-state index in [2.05, 4.69) is 5.32 Å². The molecule has 0 spiro atoms. The first kappa shape index (κ1) is 25.4. The second-order valence-electron chi connectivity index (χ2n) is 8.21. The van der Waals surface area contributed by atoms with Crippen molar-refractivity contribution in [3.8, 4) is 0 Å². The van der Waals surface area contributed by atoms with Crippen LogP contribution in [0.2, 0.25) is 0 Å². The third kappa shape index (κ3) is 4.97. The summed E-state index contributed by atoms with van der Waals surface area (Å²) in [7, 11) is -3.97. The van der Waals surface area contributed by atoms with E-state index in [1.165, 1.54) is 12.1 Å². The lowest BCUT2D eigenvalue weighted by atomic mass is 10.1. The van der Waals surface area contributed by atoms with Crippen LogP contribution in [0.5, 0.6) is 0 Å². The maximum atomic E-state index is 13.2. The van der Waals surface area contributed by atoms with Gasteiger partial charge in [-0.2, -0.15) is 0 Å². The van der Waals surface area contributed by atoms with Gasteiger partial charge in [0.1, 0.15) is 6.04 Å². The van der Waals surface area contributed by atoms with Gasteiger partial charge in [0.2, 0.25) is 15.9 Å². The third-order valence-electron chi connectivity index (χ3n) is 5.37. The topological polar surface area (TPSA) is 132 Å². The molecule has 0 saturated heterocycles. The van der Waals surface area contributed by atoms with Crippen molar-refractivity contribution >= 4 is 54.5 Å². The number of thiazole rings is 1. The van der Waals surface area contributed by atoms with Gasteiger partial charge in [-0.05, 0) is 51.0 Å². The molecule has 1 atom stereocenters. The number of nitrogens with one attached hydrogen (secondary N) is 1. The number of carbonyl (C=O) groups excluding carboxylic acids is 1. The van der Waals surface area contributed by atoms with Crippen LogP contribution in [0.3, 0.4) is 0 Å². The second kappa shape index (κ2) is 9.55. The fourth-order valence-electron chi connectivity index (χ4n) is 3.81. The molecule has 12 heteroatoms. The van der Waals surface area contributed by atoms with E-state index in [4.69, 9.17) is 0 Å². The van der Waals surface area contributed by atoms with E-state index in [9.17, 15) is 28.1 Å². The molecule has 1 heterocycles. The Morgan fingerprint density at radius 3 is 2.47 bits per heavy atom. The summed E-state index contributed by atoms with van der Waals surface area (Å²) in [6.45, 7) is 7.10. The summed E-state index contributed by atoms with van der Waals surface area (Å²) in [5, 5.41) is 14.0. The minimum atomic E-state index is -3.97. The molecule has 1 unspecified atom stereocenters. The van der Waals surface area contributed by atoms with Crippen LogP contribution in [0.1, 0.15) is 38.8 Å². The Morgan fingerprint density at radius 2 is 1.91 bits per heavy atom. The van der Waals surface area contributed by atoms with Crippen LogP contribution in [0.4, 0.5) is 17.1 Å². The molecular formula is C22H26N4O6S2. The van der Waals surface area contributed by atoms with E-state index in [0.29, 0.717) is 16.0 Å². The number of hydrogen-bond acceptors (Lipinski definition) is 7. The highest BCUT2D eigenvalue weighted by Crippen LogP contribution is 2.31. The highest BCUT2D eigenvalue weighted by molar-refractivity contribution is 7.92. The van der Waals surface area contributed by atoms with Gasteiger partial charge in [0.15, 0.2) is 0 Å². The quantitative estimate of drug-likeness (QED) is 0.362. The highest BCUT2D eigenvalue weighted by Gasteiger charge is 2.33. The number of rotatable bonds is 8. The number of hydrogen-bond donors (Lipinski definition) is 1. The van der Waals surface area contributed by atoms with Crippen LogP contribution in [0.15, 0.2) is 41.2 Å². The van der Waals surface area contributed by atoms with Gasteiger partial charge >= 0.3 is 4.87 Å². The molecule has 0 aliphatic heterocycles. The number of amides is 1. The van der Waals surface area contributed by atoms with Crippen molar-refractivity contribution in [1.29, 1.82) is 0 Å². The maximum Gasteiger partial charge on any atom is 0.308 e. The summed E-state index contributed by atoms with van der Waals surface area (Å²) >= 11 is 1.06. The van der Waals surface area contributed by atoms with Crippen LogP contribution in [0.25, 0.3) is 10.2 Å². The SMILES string of the molecule is CCC(C(=O)Nc1ccc2c(c1)sc(=O)n2C(C)C)N(c1cc([N+](=O)[O-])ccc1C)S(C)(=O)=O. The van der Waals surface area contributed by atoms with Crippen molar-refractivity contribution in [2.75, 3.05) is 15.9 Å². The smallest absolute Gasteiger partial charge is 0.308 e. The van der Waals surface area contributed by atoms with Crippen LogP contribution in [-0.2, 0) is 14.8 Å². The zero-order chi connectivity index (χ0) is 25.4. The minimum Gasteiger partial charge on any atom is -0.324 e. The van der Waals surface area contributed by atoms with Gasteiger partial charge in [-0.1, -0.05) is 24.3 Å². The third-order valence-corrected chi connectivity index (χ3v) is 7.45. The summed E-state index contributed by atoms with van der Waals surface area (Å²) in [6, 6.07) is 7.79. The summed E-state index contributed by atoms with van der Waals surface area (Å²) in [4.78, 5) is 36.1. The van der Waals surface area contributed by atoms with E-state index in [1.807, 2.05) is 13.8 Å². The van der Waals surface area contributed by atoms with Crippen LogP contribution in [0, 0.1) is 17.0 Å². The largest absolute Gasteiger partial charge is 0.324 e. The minimum absolute atomic E-state index is 0.0207. The predicted molar refractivity (Wildman–Crippen MR) is 134 cm³/mol. The number of sulfonamides is 1. The van der Waals surface area contributed by atoms with E-state index >= 15 is 0 Å². The average Bonchev–Trinajstić information content (AvgIpc) is 3.06. The fraction of sp³-hybridized carbons (Fsp3) is 0.364. The fourth-order valence-corrected chi connectivity index (χ4v) is 6.13. The number of benzene rings is 2. The molecule has 0 radical (unpaired) electrons. The summed E-state index contributed by atoms with van der Waals surface area (Å²) in [6.07, 6.45) is 1.08. The molecule has 34 heavy (non-hydrogen) atoms. The zero-order valence-electron chi connectivity index (χ0n) is 19.4. The highest BCUT2D eigenvalue weighted by atomic mass is 32.2. The van der Waals surface area contributed by atoms with Gasteiger partial charge in [-0.15, -0.1) is 0 Å². The van der Waals surface area contributed by atoms with Gasteiger partial charge in [-0.3, -0.25) is 28.6 Å². The van der Waals surface area contributed by atoms with E-state index in [-0.39, 0.29) is 28.7 Å². The van der Waals surface area contributed by atoms with Crippen molar-refractivity contribution in [2.45, 2.75) is 46.2 Å². The lowest BCUT2D eigenvalue weighted by molar-refractivity contribution is -0.384. The number of anilines is 2. The first-order valence-electron chi connectivity index (χ1n) is 10.6. The standard InChI is InChI=1S/C22H26N4O6S2/c1-6-17(25(34(5,31)32)19-12-16(26(29)30)9-7-14(19)4)21(27)23-15-8-10-18-20(11-15)33-22(28)24(18)13(2)3/h7-13,17H,6H2,1-5H3,(H,23,27). The van der Waals surface area contributed by atoms with Gasteiger partial charge in [-0.25, -0.2) is 8.42 Å². The van der Waals surface area contributed by atoms with Crippen molar-refractivity contribution < 1.29 is 18.1 Å². The average molecular weight is 507 g/mol. The lowest BCUT2D eigenvalue weighted by Crippen LogP contribution is -2.47. The van der Waals surface area contributed by atoms with Crippen LogP contribution in [-0.4, -0.2) is 36.1 Å². The molecule has 0 aliphatic rings. The molecule has 1 aromatic heterocycles. The number of fused-ring (bicyclic) bond motifs is 1. The molecule has 3 aromatic rings. The summed E-state index contributed by atoms with van der Waals surface area (Å²) < 4.78 is 28.8. The Hall–Kier alpha value is -3.25. The molecule has 182 valence electrons. The Bertz CT molecular complexity index is 1420. The Kier molecular flexibility index (Phi) is 7.13. The van der Waals surface area contributed by atoms with Crippen LogP contribution < -0.4 is 14.5 Å². The van der Waals surface area contributed by atoms with Crippen molar-refractivity contribution in [2.24, 2.45) is 0 Å². The first-order chi connectivity index (χ1) is 15.8. The lowest BCUT2D eigenvalue weighted by Gasteiger charge is -2.31. The molecule has 0 aliphatic carbocycles. The zero-order valence-corrected chi connectivity index (χ0v) is 21.1. The van der Waals surface area contributed by atoms with Gasteiger partial charge < -0.3 is 5.32 Å². The molecule has 0 fully saturated rings. The summed E-state index contributed by atoms with van der Waals surface area (Å²) in [5.41, 5.74) is 1.43. The Balaban J connectivity index is 2.01. The van der Waals surface area contributed by atoms with E-state index < -0.39 is 26.9 Å². The van der Waals surface area contributed by atoms with E-state index in [0.717, 1.165) is 33.5 Å². The van der Waals surface area contributed by atoms with Crippen molar-refractivity contribution in [3.05, 3.63) is 61.7 Å². The molecule has 1 N–H and O–H groups in total. The predicted octanol–water partition coefficient (Wildman–Crippen LogP) is 4.04. The monoisotopic (exact) mass is 506 g/mol. The van der Waals surface area contributed by atoms with Gasteiger partial charge in [0, 0.05) is 23.9 Å². The maximum absolute atomic E-state index is 13.2. The van der Waals surface area contributed by atoms with Crippen molar-refractivity contribution in [1.82, 2.24) is 4.57 Å². The molecule has 0 saturated carbocycles.